The Kier molecular flexibility index (Phi) is 5.28. The summed E-state index contributed by atoms with van der Waals surface area (Å²) in [4.78, 5) is 8.14. The Bertz CT molecular complexity index is 335. The number of halogens is 1. The molecule has 1 unspecified atom stereocenters. The highest BCUT2D eigenvalue weighted by molar-refractivity contribution is 6.32. The molecule has 0 spiro atoms. The van der Waals surface area contributed by atoms with Gasteiger partial charge in [-0.3, -0.25) is 0 Å². The molecule has 3 N–H and O–H groups in total. The highest BCUT2D eigenvalue weighted by Crippen LogP contribution is 2.19. The lowest BCUT2D eigenvalue weighted by molar-refractivity contribution is 0.164. The fourth-order valence-corrected chi connectivity index (χ4v) is 1.33. The van der Waals surface area contributed by atoms with E-state index in [1.807, 2.05) is 6.92 Å². The van der Waals surface area contributed by atoms with Gasteiger partial charge in [0.15, 0.2) is 0 Å². The standard InChI is InChI=1S/C10H17ClN4O/c1-3-7(16)4-5-13-9-8(11)6-14-10(12-2)15-9/h6-7,16H,3-5H2,1-2H3,(H2,12,13,14,15). The lowest BCUT2D eigenvalue weighted by Gasteiger charge is -2.10. The lowest BCUT2D eigenvalue weighted by Crippen LogP contribution is -2.13. The van der Waals surface area contributed by atoms with Crippen molar-refractivity contribution in [1.29, 1.82) is 0 Å². The number of aliphatic hydroxyl groups is 1. The number of aliphatic hydroxyl groups excluding tert-OH is 1. The average molecular weight is 245 g/mol. The summed E-state index contributed by atoms with van der Waals surface area (Å²) < 4.78 is 0. The molecule has 1 atom stereocenters. The molecule has 16 heavy (non-hydrogen) atoms. The molecular weight excluding hydrogens is 228 g/mol. The second-order valence-electron chi connectivity index (χ2n) is 3.42. The van der Waals surface area contributed by atoms with E-state index < -0.39 is 0 Å². The van der Waals surface area contributed by atoms with Crippen molar-refractivity contribution < 1.29 is 5.11 Å². The summed E-state index contributed by atoms with van der Waals surface area (Å²) in [5.74, 6) is 1.10. The van der Waals surface area contributed by atoms with Gasteiger partial charge in [-0.15, -0.1) is 0 Å². The molecule has 0 aliphatic carbocycles. The Morgan fingerprint density at radius 1 is 1.56 bits per heavy atom. The Morgan fingerprint density at radius 3 is 2.94 bits per heavy atom. The summed E-state index contributed by atoms with van der Waals surface area (Å²) >= 11 is 5.92. The van der Waals surface area contributed by atoms with Gasteiger partial charge in [0.05, 0.1) is 12.3 Å². The van der Waals surface area contributed by atoms with Crippen molar-refractivity contribution in [1.82, 2.24) is 9.97 Å². The van der Waals surface area contributed by atoms with Gasteiger partial charge in [-0.25, -0.2) is 4.98 Å². The van der Waals surface area contributed by atoms with Crippen LogP contribution in [0.2, 0.25) is 5.02 Å². The van der Waals surface area contributed by atoms with Gasteiger partial charge in [-0.1, -0.05) is 18.5 Å². The second-order valence-corrected chi connectivity index (χ2v) is 3.82. The maximum Gasteiger partial charge on any atom is 0.224 e. The molecule has 0 aliphatic heterocycles. The maximum absolute atomic E-state index is 9.39. The minimum atomic E-state index is -0.281. The Balaban J connectivity index is 2.52. The SMILES string of the molecule is CCC(O)CCNc1nc(NC)ncc1Cl. The van der Waals surface area contributed by atoms with Gasteiger partial charge < -0.3 is 15.7 Å². The van der Waals surface area contributed by atoms with Gasteiger partial charge in [0.2, 0.25) is 5.95 Å². The van der Waals surface area contributed by atoms with Crippen molar-refractivity contribution in [3.05, 3.63) is 11.2 Å². The predicted molar refractivity (Wildman–Crippen MR) is 66.0 cm³/mol. The maximum atomic E-state index is 9.39. The van der Waals surface area contributed by atoms with E-state index in [0.29, 0.717) is 29.8 Å². The van der Waals surface area contributed by atoms with Gasteiger partial charge in [0, 0.05) is 13.6 Å². The molecular formula is C10H17ClN4O. The molecule has 0 saturated heterocycles. The van der Waals surface area contributed by atoms with Crippen LogP contribution >= 0.6 is 11.6 Å². The molecule has 6 heteroatoms. The summed E-state index contributed by atoms with van der Waals surface area (Å²) in [7, 11) is 1.74. The molecule has 1 rings (SSSR count). The summed E-state index contributed by atoms with van der Waals surface area (Å²) in [5.41, 5.74) is 0. The average Bonchev–Trinajstić information content (AvgIpc) is 2.31. The van der Waals surface area contributed by atoms with E-state index in [4.69, 9.17) is 11.6 Å². The van der Waals surface area contributed by atoms with Crippen LogP contribution in [0.3, 0.4) is 0 Å². The van der Waals surface area contributed by atoms with Crippen molar-refractivity contribution in [2.24, 2.45) is 0 Å². The van der Waals surface area contributed by atoms with Crippen molar-refractivity contribution in [2.45, 2.75) is 25.9 Å². The number of rotatable bonds is 6. The van der Waals surface area contributed by atoms with Crippen LogP contribution in [0.5, 0.6) is 0 Å². The van der Waals surface area contributed by atoms with Crippen LogP contribution in [0.1, 0.15) is 19.8 Å². The van der Waals surface area contributed by atoms with E-state index in [2.05, 4.69) is 20.6 Å². The number of anilines is 2. The third kappa shape index (κ3) is 3.83. The monoisotopic (exact) mass is 244 g/mol. The van der Waals surface area contributed by atoms with E-state index in [9.17, 15) is 5.11 Å². The summed E-state index contributed by atoms with van der Waals surface area (Å²) in [5, 5.41) is 15.8. The van der Waals surface area contributed by atoms with Crippen molar-refractivity contribution in [3.8, 4) is 0 Å². The fourth-order valence-electron chi connectivity index (χ4n) is 1.17. The highest BCUT2D eigenvalue weighted by atomic mass is 35.5. The molecule has 0 bridgehead atoms. The molecule has 0 amide bonds. The Labute approximate surface area is 100 Å². The van der Waals surface area contributed by atoms with E-state index in [1.54, 1.807) is 13.2 Å². The van der Waals surface area contributed by atoms with Crippen LogP contribution in [0.15, 0.2) is 6.20 Å². The molecule has 1 aromatic heterocycles. The fraction of sp³-hybridized carbons (Fsp3) is 0.600. The number of hydrogen-bond donors (Lipinski definition) is 3. The minimum absolute atomic E-state index is 0.281. The van der Waals surface area contributed by atoms with Crippen molar-refractivity contribution in [2.75, 3.05) is 24.2 Å². The smallest absolute Gasteiger partial charge is 0.224 e. The quantitative estimate of drug-likeness (QED) is 0.711. The summed E-state index contributed by atoms with van der Waals surface area (Å²) in [6, 6.07) is 0. The number of hydrogen-bond acceptors (Lipinski definition) is 5. The van der Waals surface area contributed by atoms with Gasteiger partial charge in [-0.2, -0.15) is 4.98 Å². The highest BCUT2D eigenvalue weighted by Gasteiger charge is 2.05. The number of nitrogens with one attached hydrogen (secondary N) is 2. The molecule has 1 aromatic rings. The number of aromatic nitrogens is 2. The largest absolute Gasteiger partial charge is 0.393 e. The minimum Gasteiger partial charge on any atom is -0.393 e. The molecule has 0 saturated carbocycles. The van der Waals surface area contributed by atoms with Crippen molar-refractivity contribution >= 4 is 23.4 Å². The zero-order valence-electron chi connectivity index (χ0n) is 9.50. The molecule has 0 aromatic carbocycles. The molecule has 0 radical (unpaired) electrons. The zero-order chi connectivity index (χ0) is 12.0. The third-order valence-corrected chi connectivity index (χ3v) is 2.49. The summed E-state index contributed by atoms with van der Waals surface area (Å²) in [6.45, 7) is 2.58. The van der Waals surface area contributed by atoms with Crippen LogP contribution in [0.25, 0.3) is 0 Å². The van der Waals surface area contributed by atoms with Crippen LogP contribution in [0.4, 0.5) is 11.8 Å². The van der Waals surface area contributed by atoms with E-state index in [0.717, 1.165) is 6.42 Å². The topological polar surface area (TPSA) is 70.1 Å². The Hall–Kier alpha value is -1.07. The van der Waals surface area contributed by atoms with Crippen LogP contribution in [-0.4, -0.2) is 34.8 Å². The first-order valence-electron chi connectivity index (χ1n) is 5.29. The summed E-state index contributed by atoms with van der Waals surface area (Å²) in [6.07, 6.45) is 2.68. The van der Waals surface area contributed by atoms with Crippen molar-refractivity contribution in [3.63, 3.8) is 0 Å². The third-order valence-electron chi connectivity index (χ3n) is 2.21. The van der Waals surface area contributed by atoms with Gasteiger partial charge in [-0.05, 0) is 12.8 Å². The predicted octanol–water partition coefficient (Wildman–Crippen LogP) is 1.74. The molecule has 90 valence electrons. The van der Waals surface area contributed by atoms with Crippen LogP contribution in [0, 0.1) is 0 Å². The van der Waals surface area contributed by atoms with Gasteiger partial charge in [0.1, 0.15) is 10.8 Å². The first kappa shape index (κ1) is 13.0. The van der Waals surface area contributed by atoms with E-state index >= 15 is 0 Å². The van der Waals surface area contributed by atoms with Crippen LogP contribution < -0.4 is 10.6 Å². The lowest BCUT2D eigenvalue weighted by atomic mass is 10.2. The Morgan fingerprint density at radius 2 is 2.31 bits per heavy atom. The molecule has 0 fully saturated rings. The normalized spacial score (nSPS) is 12.2. The zero-order valence-corrected chi connectivity index (χ0v) is 10.3. The van der Waals surface area contributed by atoms with Gasteiger partial charge in [0.25, 0.3) is 0 Å². The van der Waals surface area contributed by atoms with Gasteiger partial charge >= 0.3 is 0 Å². The van der Waals surface area contributed by atoms with E-state index in [-0.39, 0.29) is 6.10 Å². The molecule has 0 aliphatic rings. The molecule has 5 nitrogen and oxygen atoms in total. The van der Waals surface area contributed by atoms with E-state index in [1.165, 1.54) is 0 Å². The first-order valence-corrected chi connectivity index (χ1v) is 5.67. The number of nitrogens with zero attached hydrogens (tertiary/aromatic N) is 2. The molecule has 1 heterocycles. The second kappa shape index (κ2) is 6.50. The first-order chi connectivity index (χ1) is 7.67. The van der Waals surface area contributed by atoms with Crippen LogP contribution in [-0.2, 0) is 0 Å².